The van der Waals surface area contributed by atoms with Crippen LogP contribution in [0.1, 0.15) is 12.0 Å². The number of fused-ring (bicyclic) bond motifs is 3. The third kappa shape index (κ3) is 4.70. The van der Waals surface area contributed by atoms with Gasteiger partial charge in [-0.2, -0.15) is 0 Å². The summed E-state index contributed by atoms with van der Waals surface area (Å²) in [6.07, 6.45) is 1.01. The molecule has 1 aromatic rings. The molecule has 2 fully saturated rings. The molecule has 2 saturated heterocycles. The van der Waals surface area contributed by atoms with Crippen LogP contribution in [0, 0.1) is 5.92 Å². The highest BCUT2D eigenvalue weighted by Gasteiger charge is 2.35. The Morgan fingerprint density at radius 3 is 2.60 bits per heavy atom. The van der Waals surface area contributed by atoms with Crippen molar-refractivity contribution in [1.29, 1.82) is 0 Å². The number of phenolic OH excluding ortho intramolecular Hbond substituents is 1. The first-order valence-corrected chi connectivity index (χ1v) is 8.60. The SMILES string of the molecule is O=C(O)CN1C[C@@H]2COC[C@H](C1)N(C(=O)CCc1ccc(O)cc1)C2. The summed E-state index contributed by atoms with van der Waals surface area (Å²) in [6.45, 7) is 2.82. The molecule has 136 valence electrons. The molecule has 3 rings (SSSR count). The van der Waals surface area contributed by atoms with Gasteiger partial charge in [-0.05, 0) is 24.1 Å². The van der Waals surface area contributed by atoms with Gasteiger partial charge < -0.3 is 19.8 Å². The summed E-state index contributed by atoms with van der Waals surface area (Å²) < 4.78 is 5.68. The quantitative estimate of drug-likeness (QED) is 0.808. The van der Waals surface area contributed by atoms with Crippen LogP contribution in [0.3, 0.4) is 0 Å². The van der Waals surface area contributed by atoms with E-state index in [-0.39, 0.29) is 30.2 Å². The first-order valence-electron chi connectivity index (χ1n) is 8.60. The zero-order valence-corrected chi connectivity index (χ0v) is 14.1. The second-order valence-corrected chi connectivity index (χ2v) is 6.86. The summed E-state index contributed by atoms with van der Waals surface area (Å²) in [5.41, 5.74) is 1.01. The molecular weight excluding hydrogens is 324 g/mol. The average molecular weight is 348 g/mol. The number of hydrogen-bond donors (Lipinski definition) is 2. The number of carbonyl (C=O) groups is 2. The van der Waals surface area contributed by atoms with Gasteiger partial charge in [-0.25, -0.2) is 0 Å². The lowest BCUT2D eigenvalue weighted by molar-refractivity contribution is -0.138. The number of rotatable bonds is 5. The van der Waals surface area contributed by atoms with Crippen LogP contribution in [0.4, 0.5) is 0 Å². The Morgan fingerprint density at radius 1 is 1.12 bits per heavy atom. The topological polar surface area (TPSA) is 90.3 Å². The summed E-state index contributed by atoms with van der Waals surface area (Å²) in [6, 6.07) is 6.79. The molecule has 7 nitrogen and oxygen atoms in total. The largest absolute Gasteiger partial charge is 0.508 e. The number of aryl methyl sites for hydroxylation is 1. The lowest BCUT2D eigenvalue weighted by Crippen LogP contribution is -2.47. The molecule has 0 aromatic heterocycles. The molecule has 2 bridgehead atoms. The summed E-state index contributed by atoms with van der Waals surface area (Å²) in [5.74, 6) is -0.409. The van der Waals surface area contributed by atoms with Crippen LogP contribution in [0.15, 0.2) is 24.3 Å². The highest BCUT2D eigenvalue weighted by molar-refractivity contribution is 5.77. The predicted molar refractivity (Wildman–Crippen MR) is 90.3 cm³/mol. The van der Waals surface area contributed by atoms with E-state index in [9.17, 15) is 14.7 Å². The van der Waals surface area contributed by atoms with Crippen LogP contribution in [0.25, 0.3) is 0 Å². The van der Waals surface area contributed by atoms with Crippen molar-refractivity contribution in [3.8, 4) is 5.75 Å². The number of amides is 1. The van der Waals surface area contributed by atoms with Gasteiger partial charge in [0.2, 0.25) is 5.91 Å². The Hall–Kier alpha value is -2.12. The minimum atomic E-state index is -0.842. The fourth-order valence-corrected chi connectivity index (χ4v) is 3.62. The lowest BCUT2D eigenvalue weighted by atomic mass is 10.1. The van der Waals surface area contributed by atoms with Gasteiger partial charge in [0.05, 0.1) is 25.8 Å². The second kappa shape index (κ2) is 7.84. The molecule has 25 heavy (non-hydrogen) atoms. The molecule has 2 aliphatic heterocycles. The Kier molecular flexibility index (Phi) is 5.55. The van der Waals surface area contributed by atoms with E-state index in [0.717, 1.165) is 5.56 Å². The number of carboxylic acid groups (broad SMARTS) is 1. The van der Waals surface area contributed by atoms with Crippen molar-refractivity contribution < 1.29 is 24.5 Å². The number of phenols is 1. The molecule has 0 radical (unpaired) electrons. The zero-order valence-electron chi connectivity index (χ0n) is 14.1. The molecule has 0 saturated carbocycles. The summed E-state index contributed by atoms with van der Waals surface area (Å²) in [7, 11) is 0. The standard InChI is InChI=1S/C18H24N2O5/c21-16-4-1-13(2-5-16)3-6-17(22)20-8-14-7-19(10-18(23)24)9-15(20)12-25-11-14/h1-2,4-5,14-15,21H,3,6-12H2,(H,23,24)/t14-,15-/m0/s1. The maximum atomic E-state index is 12.7. The predicted octanol–water partition coefficient (Wildman–Crippen LogP) is 0.569. The lowest BCUT2D eigenvalue weighted by Gasteiger charge is -2.30. The highest BCUT2D eigenvalue weighted by Crippen LogP contribution is 2.21. The van der Waals surface area contributed by atoms with Crippen LogP contribution < -0.4 is 0 Å². The van der Waals surface area contributed by atoms with Crippen molar-refractivity contribution in [3.63, 3.8) is 0 Å². The number of nitrogens with zero attached hydrogens (tertiary/aromatic N) is 2. The number of carbonyl (C=O) groups excluding carboxylic acids is 1. The molecule has 2 heterocycles. The van der Waals surface area contributed by atoms with Gasteiger partial charge in [-0.3, -0.25) is 14.5 Å². The first kappa shape index (κ1) is 17.7. The van der Waals surface area contributed by atoms with E-state index in [0.29, 0.717) is 45.7 Å². The maximum Gasteiger partial charge on any atom is 0.317 e. The number of aliphatic carboxylic acids is 1. The van der Waals surface area contributed by atoms with Crippen LogP contribution >= 0.6 is 0 Å². The van der Waals surface area contributed by atoms with Crippen LogP contribution in [0.2, 0.25) is 0 Å². The molecule has 2 aliphatic rings. The van der Waals surface area contributed by atoms with Crippen molar-refractivity contribution >= 4 is 11.9 Å². The second-order valence-electron chi connectivity index (χ2n) is 6.86. The van der Waals surface area contributed by atoms with E-state index in [4.69, 9.17) is 9.84 Å². The molecule has 2 N–H and O–H groups in total. The normalized spacial score (nSPS) is 23.9. The van der Waals surface area contributed by atoms with Gasteiger partial charge >= 0.3 is 5.97 Å². The highest BCUT2D eigenvalue weighted by atomic mass is 16.5. The van der Waals surface area contributed by atoms with E-state index in [1.807, 2.05) is 21.9 Å². The van der Waals surface area contributed by atoms with E-state index in [2.05, 4.69) is 0 Å². The van der Waals surface area contributed by atoms with E-state index < -0.39 is 5.97 Å². The molecular formula is C18H24N2O5. The van der Waals surface area contributed by atoms with Crippen molar-refractivity contribution in [2.75, 3.05) is 39.4 Å². The Bertz CT molecular complexity index is 618. The number of aromatic hydroxyl groups is 1. The molecule has 1 aromatic carbocycles. The third-order valence-corrected chi connectivity index (χ3v) is 4.79. The average Bonchev–Trinajstić information content (AvgIpc) is 2.84. The van der Waals surface area contributed by atoms with Gasteiger partial charge in [0, 0.05) is 32.0 Å². The van der Waals surface area contributed by atoms with E-state index >= 15 is 0 Å². The molecule has 1 amide bonds. The Labute approximate surface area is 146 Å². The third-order valence-electron chi connectivity index (χ3n) is 4.79. The van der Waals surface area contributed by atoms with Gasteiger partial charge in [0.1, 0.15) is 5.75 Å². The Balaban J connectivity index is 1.63. The van der Waals surface area contributed by atoms with Crippen LogP contribution in [-0.2, 0) is 20.7 Å². The smallest absolute Gasteiger partial charge is 0.317 e. The number of hydrogen-bond acceptors (Lipinski definition) is 5. The Morgan fingerprint density at radius 2 is 1.88 bits per heavy atom. The fourth-order valence-electron chi connectivity index (χ4n) is 3.62. The van der Waals surface area contributed by atoms with E-state index in [1.54, 1.807) is 12.1 Å². The summed E-state index contributed by atoms with van der Waals surface area (Å²) in [4.78, 5) is 27.6. The number of carboxylic acids is 1. The summed E-state index contributed by atoms with van der Waals surface area (Å²) in [5, 5.41) is 18.4. The van der Waals surface area contributed by atoms with E-state index in [1.165, 1.54) is 0 Å². The molecule has 0 spiro atoms. The van der Waals surface area contributed by atoms with Crippen molar-refractivity contribution in [1.82, 2.24) is 9.80 Å². The first-order chi connectivity index (χ1) is 12.0. The van der Waals surface area contributed by atoms with Gasteiger partial charge in [-0.15, -0.1) is 0 Å². The zero-order chi connectivity index (χ0) is 17.8. The summed E-state index contributed by atoms with van der Waals surface area (Å²) >= 11 is 0. The minimum absolute atomic E-state index is 0.00252. The van der Waals surface area contributed by atoms with Crippen molar-refractivity contribution in [2.45, 2.75) is 18.9 Å². The maximum absolute atomic E-state index is 12.7. The number of ether oxygens (including phenoxy) is 1. The minimum Gasteiger partial charge on any atom is -0.508 e. The van der Waals surface area contributed by atoms with Crippen LogP contribution in [0.5, 0.6) is 5.75 Å². The molecule has 0 aliphatic carbocycles. The van der Waals surface area contributed by atoms with Gasteiger partial charge in [-0.1, -0.05) is 12.1 Å². The molecule has 7 heteroatoms. The molecule has 0 unspecified atom stereocenters. The fraction of sp³-hybridized carbons (Fsp3) is 0.556. The van der Waals surface area contributed by atoms with Gasteiger partial charge in [0.25, 0.3) is 0 Å². The monoisotopic (exact) mass is 348 g/mol. The molecule has 2 atom stereocenters. The van der Waals surface area contributed by atoms with Crippen LogP contribution in [-0.4, -0.2) is 77.3 Å². The van der Waals surface area contributed by atoms with Crippen molar-refractivity contribution in [2.24, 2.45) is 5.92 Å². The van der Waals surface area contributed by atoms with Crippen molar-refractivity contribution in [3.05, 3.63) is 29.8 Å². The number of benzene rings is 1. The van der Waals surface area contributed by atoms with Gasteiger partial charge in [0.15, 0.2) is 0 Å².